The van der Waals surface area contributed by atoms with Gasteiger partial charge in [0.2, 0.25) is 5.91 Å². The van der Waals surface area contributed by atoms with E-state index in [4.69, 9.17) is 4.74 Å². The lowest BCUT2D eigenvalue weighted by Gasteiger charge is -2.30. The van der Waals surface area contributed by atoms with Gasteiger partial charge >= 0.3 is 0 Å². The fourth-order valence-corrected chi connectivity index (χ4v) is 4.37. The van der Waals surface area contributed by atoms with Gasteiger partial charge in [0.15, 0.2) is 6.61 Å². The molecule has 0 radical (unpaired) electrons. The van der Waals surface area contributed by atoms with E-state index < -0.39 is 6.04 Å². The van der Waals surface area contributed by atoms with Crippen LogP contribution in [0.15, 0.2) is 65.1 Å². The number of benzene rings is 3. The lowest BCUT2D eigenvalue weighted by molar-refractivity contribution is -0.142. The number of amides is 2. The standard InChI is InChI=1S/C26H29BrN2O3/c1-4-22(26(31)28-5-2)29(16-19-10-8-9-18(3)15-19)24(30)17-32-23-14-13-20-11-6-7-12-21(20)25(23)27/h6-15,22H,4-5,16-17H2,1-3H3,(H,28,31)/t22-/m1/s1. The van der Waals surface area contributed by atoms with Crippen LogP contribution in [0, 0.1) is 6.92 Å². The first-order valence-electron chi connectivity index (χ1n) is 10.9. The zero-order valence-corrected chi connectivity index (χ0v) is 20.3. The van der Waals surface area contributed by atoms with E-state index in [0.29, 0.717) is 25.3 Å². The number of nitrogens with one attached hydrogen (secondary N) is 1. The summed E-state index contributed by atoms with van der Waals surface area (Å²) in [6, 6.07) is 19.2. The maximum absolute atomic E-state index is 13.3. The molecule has 1 N–H and O–H groups in total. The highest BCUT2D eigenvalue weighted by Crippen LogP contribution is 2.33. The van der Waals surface area contributed by atoms with Gasteiger partial charge in [0, 0.05) is 13.1 Å². The predicted octanol–water partition coefficient (Wildman–Crippen LogP) is 5.23. The lowest BCUT2D eigenvalue weighted by Crippen LogP contribution is -2.50. The van der Waals surface area contributed by atoms with E-state index in [9.17, 15) is 9.59 Å². The maximum atomic E-state index is 13.3. The van der Waals surface area contributed by atoms with Gasteiger partial charge in [0.25, 0.3) is 5.91 Å². The molecule has 3 rings (SSSR count). The third kappa shape index (κ3) is 5.68. The molecule has 0 aliphatic rings. The SMILES string of the molecule is CCNC(=O)[C@@H](CC)N(Cc1cccc(C)c1)C(=O)COc1ccc2ccccc2c1Br. The fourth-order valence-electron chi connectivity index (χ4n) is 3.77. The van der Waals surface area contributed by atoms with Crippen molar-refractivity contribution in [3.8, 4) is 5.75 Å². The van der Waals surface area contributed by atoms with Gasteiger partial charge < -0.3 is 15.0 Å². The van der Waals surface area contributed by atoms with Gasteiger partial charge in [-0.2, -0.15) is 0 Å². The van der Waals surface area contributed by atoms with Crippen LogP contribution >= 0.6 is 15.9 Å². The van der Waals surface area contributed by atoms with Crippen molar-refractivity contribution in [1.82, 2.24) is 10.2 Å². The Morgan fingerprint density at radius 1 is 1.06 bits per heavy atom. The van der Waals surface area contributed by atoms with Crippen LogP contribution in [0.5, 0.6) is 5.75 Å². The average Bonchev–Trinajstić information content (AvgIpc) is 2.78. The number of hydrogen-bond donors (Lipinski definition) is 1. The van der Waals surface area contributed by atoms with E-state index in [1.165, 1.54) is 0 Å². The summed E-state index contributed by atoms with van der Waals surface area (Å²) in [5, 5.41) is 4.95. The molecule has 0 aromatic heterocycles. The summed E-state index contributed by atoms with van der Waals surface area (Å²) < 4.78 is 6.72. The highest BCUT2D eigenvalue weighted by atomic mass is 79.9. The second kappa shape index (κ2) is 11.1. The van der Waals surface area contributed by atoms with Crippen LogP contribution in [-0.4, -0.2) is 35.9 Å². The van der Waals surface area contributed by atoms with E-state index in [1.54, 1.807) is 4.90 Å². The summed E-state index contributed by atoms with van der Waals surface area (Å²) in [5.41, 5.74) is 2.09. The normalized spacial score (nSPS) is 11.8. The van der Waals surface area contributed by atoms with E-state index in [1.807, 2.05) is 81.4 Å². The van der Waals surface area contributed by atoms with Crippen LogP contribution in [0.25, 0.3) is 10.8 Å². The Balaban J connectivity index is 1.82. The summed E-state index contributed by atoms with van der Waals surface area (Å²) in [7, 11) is 0. The van der Waals surface area contributed by atoms with Crippen molar-refractivity contribution in [2.24, 2.45) is 0 Å². The Morgan fingerprint density at radius 3 is 2.56 bits per heavy atom. The first-order chi connectivity index (χ1) is 15.4. The van der Waals surface area contributed by atoms with Crippen LogP contribution in [0.2, 0.25) is 0 Å². The molecule has 0 saturated heterocycles. The molecule has 0 aliphatic carbocycles. The molecule has 3 aromatic rings. The molecule has 0 unspecified atom stereocenters. The van der Waals surface area contributed by atoms with Crippen LogP contribution in [0.3, 0.4) is 0 Å². The van der Waals surface area contributed by atoms with Crippen LogP contribution in [0.1, 0.15) is 31.4 Å². The van der Waals surface area contributed by atoms with Crippen molar-refractivity contribution in [3.63, 3.8) is 0 Å². The molecule has 6 heteroatoms. The van der Waals surface area contributed by atoms with Crippen molar-refractivity contribution in [2.75, 3.05) is 13.2 Å². The minimum absolute atomic E-state index is 0.150. The maximum Gasteiger partial charge on any atom is 0.261 e. The van der Waals surface area contributed by atoms with Gasteiger partial charge in [0.05, 0.1) is 4.47 Å². The number of nitrogens with zero attached hydrogens (tertiary/aromatic N) is 1. The predicted molar refractivity (Wildman–Crippen MR) is 132 cm³/mol. The Labute approximate surface area is 197 Å². The van der Waals surface area contributed by atoms with E-state index in [2.05, 4.69) is 21.2 Å². The third-order valence-electron chi connectivity index (χ3n) is 5.35. The topological polar surface area (TPSA) is 58.6 Å². The van der Waals surface area contributed by atoms with Crippen molar-refractivity contribution < 1.29 is 14.3 Å². The number of ether oxygens (including phenoxy) is 1. The van der Waals surface area contributed by atoms with Gasteiger partial charge in [0.1, 0.15) is 11.8 Å². The van der Waals surface area contributed by atoms with Crippen LogP contribution < -0.4 is 10.1 Å². The second-order valence-electron chi connectivity index (χ2n) is 7.72. The Morgan fingerprint density at radius 2 is 1.84 bits per heavy atom. The number of rotatable bonds is 9. The van der Waals surface area contributed by atoms with Crippen molar-refractivity contribution in [3.05, 3.63) is 76.3 Å². The number of fused-ring (bicyclic) bond motifs is 1. The minimum Gasteiger partial charge on any atom is -0.483 e. The summed E-state index contributed by atoms with van der Waals surface area (Å²) in [4.78, 5) is 27.6. The molecule has 1 atom stereocenters. The molecule has 5 nitrogen and oxygen atoms in total. The molecule has 0 saturated carbocycles. The summed E-state index contributed by atoms with van der Waals surface area (Å²) in [6.45, 7) is 6.51. The first-order valence-corrected chi connectivity index (χ1v) is 11.7. The fraction of sp³-hybridized carbons (Fsp3) is 0.308. The smallest absolute Gasteiger partial charge is 0.261 e. The molecule has 0 spiro atoms. The van der Waals surface area contributed by atoms with Gasteiger partial charge in [-0.3, -0.25) is 9.59 Å². The van der Waals surface area contributed by atoms with Crippen molar-refractivity contribution in [1.29, 1.82) is 0 Å². The highest BCUT2D eigenvalue weighted by molar-refractivity contribution is 9.10. The molecule has 0 aliphatic heterocycles. The van der Waals surface area contributed by atoms with Crippen LogP contribution in [0.4, 0.5) is 0 Å². The first kappa shape index (κ1) is 23.8. The monoisotopic (exact) mass is 496 g/mol. The molecule has 3 aromatic carbocycles. The highest BCUT2D eigenvalue weighted by Gasteiger charge is 2.28. The second-order valence-corrected chi connectivity index (χ2v) is 8.51. The Bertz CT molecular complexity index is 1100. The van der Waals surface area contributed by atoms with Gasteiger partial charge in [-0.05, 0) is 58.6 Å². The van der Waals surface area contributed by atoms with E-state index in [0.717, 1.165) is 26.4 Å². The molecular weight excluding hydrogens is 468 g/mol. The number of halogens is 1. The van der Waals surface area contributed by atoms with Crippen molar-refractivity contribution >= 4 is 38.5 Å². The number of hydrogen-bond acceptors (Lipinski definition) is 3. The van der Waals surface area contributed by atoms with Crippen LogP contribution in [-0.2, 0) is 16.1 Å². The molecule has 2 amide bonds. The van der Waals surface area contributed by atoms with Gasteiger partial charge in [-0.15, -0.1) is 0 Å². The van der Waals surface area contributed by atoms with E-state index in [-0.39, 0.29) is 18.4 Å². The van der Waals surface area contributed by atoms with Gasteiger partial charge in [-0.1, -0.05) is 67.1 Å². The zero-order valence-electron chi connectivity index (χ0n) is 18.7. The summed E-state index contributed by atoms with van der Waals surface area (Å²) in [5.74, 6) is 0.214. The zero-order chi connectivity index (χ0) is 23.1. The molecule has 168 valence electrons. The summed E-state index contributed by atoms with van der Waals surface area (Å²) >= 11 is 3.60. The number of aryl methyl sites for hydroxylation is 1. The average molecular weight is 497 g/mol. The Kier molecular flexibility index (Phi) is 8.28. The van der Waals surface area contributed by atoms with E-state index >= 15 is 0 Å². The molecule has 0 fully saturated rings. The largest absolute Gasteiger partial charge is 0.483 e. The lowest BCUT2D eigenvalue weighted by atomic mass is 10.1. The van der Waals surface area contributed by atoms with Crippen molar-refractivity contribution in [2.45, 2.75) is 39.8 Å². The number of likely N-dealkylation sites (N-methyl/N-ethyl adjacent to an activating group) is 1. The molecule has 0 heterocycles. The van der Waals surface area contributed by atoms with Gasteiger partial charge in [-0.25, -0.2) is 0 Å². The minimum atomic E-state index is -0.563. The molecule has 32 heavy (non-hydrogen) atoms. The summed E-state index contributed by atoms with van der Waals surface area (Å²) in [6.07, 6.45) is 0.517. The number of carbonyl (C=O) groups is 2. The molecular formula is C26H29BrN2O3. The Hall–Kier alpha value is -2.86. The quantitative estimate of drug-likeness (QED) is 0.440. The molecule has 0 bridgehead atoms. The number of carbonyl (C=O) groups excluding carboxylic acids is 2. The third-order valence-corrected chi connectivity index (χ3v) is 6.17.